The molecule has 0 aliphatic carbocycles. The lowest BCUT2D eigenvalue weighted by molar-refractivity contribution is -0.149. The molecule has 7 heteroatoms. The van der Waals surface area contributed by atoms with Gasteiger partial charge in [-0.1, -0.05) is 26.0 Å². The van der Waals surface area contributed by atoms with E-state index in [2.05, 4.69) is 19.2 Å². The highest BCUT2D eigenvalue weighted by Gasteiger charge is 2.33. The molecule has 1 heterocycles. The second-order valence-corrected chi connectivity index (χ2v) is 7.24. The van der Waals surface area contributed by atoms with Gasteiger partial charge >= 0.3 is 6.18 Å². The van der Waals surface area contributed by atoms with Crippen LogP contribution >= 0.6 is 0 Å². The van der Waals surface area contributed by atoms with Gasteiger partial charge in [-0.05, 0) is 49.5 Å². The summed E-state index contributed by atoms with van der Waals surface area (Å²) >= 11 is 0. The molecule has 0 bridgehead atoms. The van der Waals surface area contributed by atoms with Crippen LogP contribution in [0.15, 0.2) is 24.3 Å². The zero-order valence-corrected chi connectivity index (χ0v) is 15.3. The van der Waals surface area contributed by atoms with Gasteiger partial charge in [0.1, 0.15) is 5.75 Å². The summed E-state index contributed by atoms with van der Waals surface area (Å²) in [5.74, 6) is 0.887. The van der Waals surface area contributed by atoms with Gasteiger partial charge in [0, 0.05) is 12.5 Å². The fraction of sp³-hybridized carbons (Fsp3) is 0.632. The number of carbonyl (C=O) groups is 1. The van der Waals surface area contributed by atoms with Crippen molar-refractivity contribution in [3.63, 3.8) is 0 Å². The number of hydrogen-bond acceptors (Lipinski definition) is 3. The minimum Gasteiger partial charge on any atom is -0.493 e. The highest BCUT2D eigenvalue weighted by Crippen LogP contribution is 2.23. The number of hydrogen-bond donors (Lipinski definition) is 1. The Bertz CT molecular complexity index is 582. The molecule has 26 heavy (non-hydrogen) atoms. The number of nitrogens with zero attached hydrogens (tertiary/aromatic N) is 1. The molecule has 146 valence electrons. The second-order valence-electron chi connectivity index (χ2n) is 7.24. The number of alkyl halides is 3. The first kappa shape index (κ1) is 20.6. The SMILES string of the molecule is CC(C)COc1cccc(CNC(=O)C2CCN(CC(F)(F)F)CC2)c1. The van der Waals surface area contributed by atoms with Crippen molar-refractivity contribution in [1.82, 2.24) is 10.2 Å². The molecule has 0 unspecified atom stereocenters. The van der Waals surface area contributed by atoms with Gasteiger partial charge < -0.3 is 10.1 Å². The van der Waals surface area contributed by atoms with Gasteiger partial charge in [0.2, 0.25) is 5.91 Å². The van der Waals surface area contributed by atoms with Crippen LogP contribution in [-0.2, 0) is 11.3 Å². The minimum absolute atomic E-state index is 0.0924. The maximum absolute atomic E-state index is 12.4. The molecule has 1 N–H and O–H groups in total. The molecule has 1 amide bonds. The van der Waals surface area contributed by atoms with E-state index in [9.17, 15) is 18.0 Å². The Balaban J connectivity index is 1.76. The number of benzene rings is 1. The van der Waals surface area contributed by atoms with E-state index in [4.69, 9.17) is 4.74 Å². The number of carbonyl (C=O) groups excluding carboxylic acids is 1. The van der Waals surface area contributed by atoms with Crippen molar-refractivity contribution in [1.29, 1.82) is 0 Å². The van der Waals surface area contributed by atoms with Gasteiger partial charge in [-0.25, -0.2) is 0 Å². The summed E-state index contributed by atoms with van der Waals surface area (Å²) in [6, 6.07) is 7.57. The zero-order valence-electron chi connectivity index (χ0n) is 15.3. The van der Waals surface area contributed by atoms with Crippen molar-refractivity contribution in [2.24, 2.45) is 11.8 Å². The molecule has 1 aromatic carbocycles. The van der Waals surface area contributed by atoms with Crippen LogP contribution in [-0.4, -0.2) is 43.2 Å². The van der Waals surface area contributed by atoms with Gasteiger partial charge in [-0.15, -0.1) is 0 Å². The lowest BCUT2D eigenvalue weighted by Gasteiger charge is -2.31. The number of halogens is 3. The van der Waals surface area contributed by atoms with Crippen molar-refractivity contribution < 1.29 is 22.7 Å². The maximum Gasteiger partial charge on any atom is 0.401 e. The number of rotatable bonds is 7. The van der Waals surface area contributed by atoms with E-state index >= 15 is 0 Å². The molecule has 0 spiro atoms. The number of piperidine rings is 1. The van der Waals surface area contributed by atoms with Crippen LogP contribution in [0.4, 0.5) is 13.2 Å². The fourth-order valence-corrected chi connectivity index (χ4v) is 2.95. The first-order chi connectivity index (χ1) is 12.2. The molecule has 4 nitrogen and oxygen atoms in total. The molecule has 0 radical (unpaired) electrons. The van der Waals surface area contributed by atoms with Crippen molar-refractivity contribution in [3.05, 3.63) is 29.8 Å². The van der Waals surface area contributed by atoms with E-state index in [0.29, 0.717) is 45.0 Å². The van der Waals surface area contributed by atoms with Crippen molar-refractivity contribution in [3.8, 4) is 5.75 Å². The minimum atomic E-state index is -4.18. The van der Waals surface area contributed by atoms with Crippen LogP contribution in [0.1, 0.15) is 32.3 Å². The summed E-state index contributed by atoms with van der Waals surface area (Å²) in [6.45, 7) is 4.87. The second kappa shape index (κ2) is 9.26. The van der Waals surface area contributed by atoms with Crippen LogP contribution in [0.5, 0.6) is 5.75 Å². The number of nitrogens with one attached hydrogen (secondary N) is 1. The molecule has 1 saturated heterocycles. The molecule has 0 aromatic heterocycles. The van der Waals surface area contributed by atoms with Crippen molar-refractivity contribution in [2.45, 2.75) is 39.4 Å². The number of amides is 1. The molecule has 1 aliphatic heterocycles. The molecule has 0 saturated carbocycles. The molecule has 1 aliphatic rings. The lowest BCUT2D eigenvalue weighted by atomic mass is 9.96. The third-order valence-electron chi connectivity index (χ3n) is 4.31. The normalized spacial score (nSPS) is 16.7. The third-order valence-corrected chi connectivity index (χ3v) is 4.31. The molecular weight excluding hydrogens is 345 g/mol. The zero-order chi connectivity index (χ0) is 19.2. The third kappa shape index (κ3) is 7.23. The van der Waals surface area contributed by atoms with Crippen molar-refractivity contribution >= 4 is 5.91 Å². The average molecular weight is 372 g/mol. The predicted molar refractivity (Wildman–Crippen MR) is 93.8 cm³/mol. The Morgan fingerprint density at radius 2 is 2.00 bits per heavy atom. The van der Waals surface area contributed by atoms with Crippen LogP contribution in [0.2, 0.25) is 0 Å². The summed E-state index contributed by atoms with van der Waals surface area (Å²) in [5.41, 5.74) is 0.939. The van der Waals surface area contributed by atoms with Crippen molar-refractivity contribution in [2.75, 3.05) is 26.2 Å². The van der Waals surface area contributed by atoms with E-state index < -0.39 is 12.7 Å². The molecular formula is C19H27F3N2O2. The summed E-state index contributed by atoms with van der Waals surface area (Å²) in [6.07, 6.45) is -3.27. The molecule has 2 rings (SSSR count). The monoisotopic (exact) mass is 372 g/mol. The van der Waals surface area contributed by atoms with Gasteiger partial charge in [-0.3, -0.25) is 9.69 Å². The van der Waals surface area contributed by atoms with Gasteiger partial charge in [0.15, 0.2) is 0 Å². The number of likely N-dealkylation sites (tertiary alicyclic amines) is 1. The van der Waals surface area contributed by atoms with Gasteiger partial charge in [0.25, 0.3) is 0 Å². The van der Waals surface area contributed by atoms with Crippen LogP contribution in [0, 0.1) is 11.8 Å². The summed E-state index contributed by atoms with van der Waals surface area (Å²) in [7, 11) is 0. The Labute approximate surface area is 152 Å². The van der Waals surface area contributed by atoms with Gasteiger partial charge in [-0.2, -0.15) is 13.2 Å². The van der Waals surface area contributed by atoms with E-state index in [1.807, 2.05) is 24.3 Å². The summed E-state index contributed by atoms with van der Waals surface area (Å²) < 4.78 is 42.9. The van der Waals surface area contributed by atoms with E-state index in [1.165, 1.54) is 4.90 Å². The quantitative estimate of drug-likeness (QED) is 0.795. The Morgan fingerprint density at radius 1 is 1.31 bits per heavy atom. The van der Waals surface area contributed by atoms with Crippen LogP contribution < -0.4 is 10.1 Å². The summed E-state index contributed by atoms with van der Waals surface area (Å²) in [5, 5.41) is 2.89. The van der Waals surface area contributed by atoms with E-state index in [-0.39, 0.29) is 11.8 Å². The largest absolute Gasteiger partial charge is 0.493 e. The van der Waals surface area contributed by atoms with E-state index in [1.54, 1.807) is 0 Å². The molecule has 1 fully saturated rings. The maximum atomic E-state index is 12.4. The highest BCUT2D eigenvalue weighted by atomic mass is 19.4. The Morgan fingerprint density at radius 3 is 2.62 bits per heavy atom. The van der Waals surface area contributed by atoms with E-state index in [0.717, 1.165) is 11.3 Å². The molecule has 0 atom stereocenters. The standard InChI is InChI=1S/C19H27F3N2O2/c1-14(2)12-26-17-5-3-4-15(10-17)11-23-18(25)16-6-8-24(9-7-16)13-19(20,21)22/h3-5,10,14,16H,6-9,11-13H2,1-2H3,(H,23,25). The lowest BCUT2D eigenvalue weighted by Crippen LogP contribution is -2.43. The number of ether oxygens (including phenoxy) is 1. The first-order valence-electron chi connectivity index (χ1n) is 9.01. The Hall–Kier alpha value is -1.76. The first-order valence-corrected chi connectivity index (χ1v) is 9.01. The van der Waals surface area contributed by atoms with Crippen LogP contribution in [0.25, 0.3) is 0 Å². The Kier molecular flexibility index (Phi) is 7.32. The highest BCUT2D eigenvalue weighted by molar-refractivity contribution is 5.78. The topological polar surface area (TPSA) is 41.6 Å². The van der Waals surface area contributed by atoms with Gasteiger partial charge in [0.05, 0.1) is 13.2 Å². The predicted octanol–water partition coefficient (Wildman–Crippen LogP) is 3.61. The fourth-order valence-electron chi connectivity index (χ4n) is 2.95. The average Bonchev–Trinajstić information content (AvgIpc) is 2.57. The summed E-state index contributed by atoms with van der Waals surface area (Å²) in [4.78, 5) is 13.6. The van der Waals surface area contributed by atoms with Crippen LogP contribution in [0.3, 0.4) is 0 Å². The molecule has 1 aromatic rings. The smallest absolute Gasteiger partial charge is 0.401 e.